The van der Waals surface area contributed by atoms with Gasteiger partial charge in [-0.25, -0.2) is 9.79 Å². The first-order valence-electron chi connectivity index (χ1n) is 9.16. The summed E-state index contributed by atoms with van der Waals surface area (Å²) < 4.78 is 8.90. The van der Waals surface area contributed by atoms with E-state index in [4.69, 9.17) is 4.74 Å². The van der Waals surface area contributed by atoms with E-state index in [-0.39, 0.29) is 11.5 Å². The first-order chi connectivity index (χ1) is 13.6. The SMILES string of the molecule is Cc1ccc(OCCCNC(=O)NNC2N=C(c3ccccc3)NS2)c(C)c1. The summed E-state index contributed by atoms with van der Waals surface area (Å²) in [5.41, 5.74) is 8.55. The summed E-state index contributed by atoms with van der Waals surface area (Å²) in [5.74, 6) is 1.67. The van der Waals surface area contributed by atoms with Gasteiger partial charge in [0, 0.05) is 12.1 Å². The molecule has 1 heterocycles. The largest absolute Gasteiger partial charge is 0.493 e. The van der Waals surface area contributed by atoms with Gasteiger partial charge < -0.3 is 14.8 Å². The third kappa shape index (κ3) is 5.90. The van der Waals surface area contributed by atoms with Crippen molar-refractivity contribution in [1.82, 2.24) is 20.9 Å². The summed E-state index contributed by atoms with van der Waals surface area (Å²) in [5, 5.41) is 2.79. The lowest BCUT2D eigenvalue weighted by Crippen LogP contribution is -2.47. The van der Waals surface area contributed by atoms with Crippen molar-refractivity contribution in [2.24, 2.45) is 4.99 Å². The van der Waals surface area contributed by atoms with Crippen molar-refractivity contribution in [2.75, 3.05) is 13.2 Å². The van der Waals surface area contributed by atoms with Gasteiger partial charge in [0.1, 0.15) is 11.6 Å². The van der Waals surface area contributed by atoms with Crippen LogP contribution in [0.3, 0.4) is 0 Å². The number of rotatable bonds is 8. The zero-order valence-electron chi connectivity index (χ0n) is 16.0. The van der Waals surface area contributed by atoms with Crippen LogP contribution in [-0.2, 0) is 0 Å². The third-order valence-corrected chi connectivity index (χ3v) is 4.82. The molecular weight excluding hydrogens is 374 g/mol. The summed E-state index contributed by atoms with van der Waals surface area (Å²) in [7, 11) is 0. The Bertz CT molecular complexity index is 829. The van der Waals surface area contributed by atoms with Crippen molar-refractivity contribution >= 4 is 23.8 Å². The fourth-order valence-corrected chi connectivity index (χ4v) is 3.33. The molecule has 3 rings (SSSR count). The van der Waals surface area contributed by atoms with E-state index < -0.39 is 0 Å². The average molecular weight is 400 g/mol. The minimum Gasteiger partial charge on any atom is -0.493 e. The number of carbonyl (C=O) groups is 1. The molecule has 2 aromatic rings. The molecule has 0 fully saturated rings. The van der Waals surface area contributed by atoms with Crippen LogP contribution in [0.4, 0.5) is 4.79 Å². The zero-order chi connectivity index (χ0) is 19.8. The van der Waals surface area contributed by atoms with Crippen molar-refractivity contribution in [3.05, 3.63) is 65.2 Å². The van der Waals surface area contributed by atoms with Crippen molar-refractivity contribution in [3.63, 3.8) is 0 Å². The van der Waals surface area contributed by atoms with Gasteiger partial charge in [-0.15, -0.1) is 0 Å². The van der Waals surface area contributed by atoms with Crippen molar-refractivity contribution < 1.29 is 9.53 Å². The van der Waals surface area contributed by atoms with Gasteiger partial charge >= 0.3 is 6.03 Å². The van der Waals surface area contributed by atoms with Crippen LogP contribution in [0.25, 0.3) is 0 Å². The number of ether oxygens (including phenoxy) is 1. The molecule has 4 N–H and O–H groups in total. The van der Waals surface area contributed by atoms with E-state index in [1.165, 1.54) is 17.5 Å². The molecule has 0 bridgehead atoms. The number of hydrogen-bond acceptors (Lipinski definition) is 6. The number of hydrazine groups is 1. The number of amidine groups is 1. The van der Waals surface area contributed by atoms with E-state index in [2.05, 4.69) is 38.9 Å². The van der Waals surface area contributed by atoms with Gasteiger partial charge in [-0.3, -0.25) is 5.43 Å². The number of hydrogen-bond donors (Lipinski definition) is 4. The molecule has 0 saturated carbocycles. The van der Waals surface area contributed by atoms with E-state index >= 15 is 0 Å². The minimum atomic E-state index is -0.296. The third-order valence-electron chi connectivity index (χ3n) is 4.06. The highest BCUT2D eigenvalue weighted by Gasteiger charge is 2.18. The maximum Gasteiger partial charge on any atom is 0.329 e. The Balaban J connectivity index is 1.30. The number of carbonyl (C=O) groups excluding carboxylic acids is 1. The quantitative estimate of drug-likeness (QED) is 0.312. The van der Waals surface area contributed by atoms with E-state index in [0.717, 1.165) is 29.1 Å². The second kappa shape index (κ2) is 10.0. The van der Waals surface area contributed by atoms with Crippen LogP contribution in [-0.4, -0.2) is 30.5 Å². The topological polar surface area (TPSA) is 86.8 Å². The number of nitrogens with zero attached hydrogens (tertiary/aromatic N) is 1. The highest BCUT2D eigenvalue weighted by atomic mass is 32.2. The number of aryl methyl sites for hydroxylation is 2. The Kier molecular flexibility index (Phi) is 7.16. The highest BCUT2D eigenvalue weighted by Crippen LogP contribution is 2.18. The summed E-state index contributed by atoms with van der Waals surface area (Å²) in [6.07, 6.45) is 0.719. The molecule has 8 heteroatoms. The van der Waals surface area contributed by atoms with Crippen molar-refractivity contribution in [2.45, 2.75) is 25.8 Å². The Hall–Kier alpha value is -2.71. The summed E-state index contributed by atoms with van der Waals surface area (Å²) in [6, 6.07) is 15.6. The Morgan fingerprint density at radius 3 is 2.82 bits per heavy atom. The van der Waals surface area contributed by atoms with E-state index in [1.54, 1.807) is 0 Å². The molecule has 148 valence electrons. The van der Waals surface area contributed by atoms with Gasteiger partial charge in [0.05, 0.1) is 6.61 Å². The van der Waals surface area contributed by atoms with Crippen LogP contribution in [0.2, 0.25) is 0 Å². The van der Waals surface area contributed by atoms with Gasteiger partial charge in [-0.1, -0.05) is 48.0 Å². The monoisotopic (exact) mass is 399 g/mol. The first kappa shape index (κ1) is 20.0. The van der Waals surface area contributed by atoms with Gasteiger partial charge in [0.15, 0.2) is 5.50 Å². The smallest absolute Gasteiger partial charge is 0.329 e. The molecule has 28 heavy (non-hydrogen) atoms. The number of urea groups is 1. The first-order valence-corrected chi connectivity index (χ1v) is 10.0. The molecule has 0 spiro atoms. The lowest BCUT2D eigenvalue weighted by Gasteiger charge is -2.12. The second-order valence-electron chi connectivity index (χ2n) is 6.41. The van der Waals surface area contributed by atoms with Crippen LogP contribution in [0, 0.1) is 13.8 Å². The lowest BCUT2D eigenvalue weighted by molar-refractivity contribution is 0.234. The molecule has 0 aliphatic carbocycles. The summed E-state index contributed by atoms with van der Waals surface area (Å²) in [4.78, 5) is 16.4. The minimum absolute atomic E-state index is 0.284. The second-order valence-corrected chi connectivity index (χ2v) is 7.30. The summed E-state index contributed by atoms with van der Waals surface area (Å²) >= 11 is 1.39. The van der Waals surface area contributed by atoms with Gasteiger partial charge in [-0.2, -0.15) is 5.43 Å². The molecule has 2 aromatic carbocycles. The molecule has 0 saturated heterocycles. The van der Waals surface area contributed by atoms with E-state index in [0.29, 0.717) is 13.2 Å². The van der Waals surface area contributed by atoms with Gasteiger partial charge in [0.25, 0.3) is 0 Å². The molecule has 2 amide bonds. The van der Waals surface area contributed by atoms with Crippen LogP contribution >= 0.6 is 11.9 Å². The maximum absolute atomic E-state index is 11.9. The molecular formula is C20H25N5O2S. The molecule has 1 unspecified atom stereocenters. The average Bonchev–Trinajstić information content (AvgIpc) is 3.17. The molecule has 0 aromatic heterocycles. The van der Waals surface area contributed by atoms with Crippen molar-refractivity contribution in [3.8, 4) is 5.75 Å². The fraction of sp³-hybridized carbons (Fsp3) is 0.300. The Labute approximate surface area is 169 Å². The molecule has 7 nitrogen and oxygen atoms in total. The van der Waals surface area contributed by atoms with Crippen molar-refractivity contribution in [1.29, 1.82) is 0 Å². The number of amides is 2. The van der Waals surface area contributed by atoms with Crippen LogP contribution in [0.1, 0.15) is 23.1 Å². The number of benzene rings is 2. The number of nitrogens with one attached hydrogen (secondary N) is 4. The molecule has 1 aliphatic heterocycles. The van der Waals surface area contributed by atoms with Crippen LogP contribution in [0.15, 0.2) is 53.5 Å². The standard InChI is InChI=1S/C20H25N5O2S/c1-14-9-10-17(15(2)13-14)27-12-6-11-21-19(26)23-24-20-22-18(25-28-20)16-7-4-3-5-8-16/h3-5,7-10,13,20,24H,6,11-12H2,1-2H3,(H,22,25)(H2,21,23,26). The van der Waals surface area contributed by atoms with Crippen LogP contribution in [0.5, 0.6) is 5.75 Å². The van der Waals surface area contributed by atoms with Crippen LogP contribution < -0.4 is 25.6 Å². The fourth-order valence-electron chi connectivity index (χ4n) is 2.66. The predicted molar refractivity (Wildman–Crippen MR) is 113 cm³/mol. The maximum atomic E-state index is 11.9. The molecule has 0 radical (unpaired) electrons. The number of aliphatic imine (C=N–C) groups is 1. The lowest BCUT2D eigenvalue weighted by atomic mass is 10.1. The predicted octanol–water partition coefficient (Wildman–Crippen LogP) is 2.86. The normalized spacial score (nSPS) is 15.5. The zero-order valence-corrected chi connectivity index (χ0v) is 16.8. The summed E-state index contributed by atoms with van der Waals surface area (Å²) in [6.45, 7) is 5.15. The highest BCUT2D eigenvalue weighted by molar-refractivity contribution is 7.98. The van der Waals surface area contributed by atoms with E-state index in [9.17, 15) is 4.79 Å². The van der Waals surface area contributed by atoms with E-state index in [1.807, 2.05) is 49.4 Å². The Morgan fingerprint density at radius 1 is 1.21 bits per heavy atom. The van der Waals surface area contributed by atoms with Gasteiger partial charge in [0.2, 0.25) is 0 Å². The van der Waals surface area contributed by atoms with Gasteiger partial charge in [-0.05, 0) is 43.8 Å². The Morgan fingerprint density at radius 2 is 2.04 bits per heavy atom. The molecule has 1 aliphatic rings. The molecule has 1 atom stereocenters.